The normalized spacial score (nSPS) is 10.6. The number of rotatable bonds is 4. The monoisotopic (exact) mass is 167 g/mol. The van der Waals surface area contributed by atoms with Crippen LogP contribution in [0.5, 0.6) is 0 Å². The molecule has 1 heterocycles. The van der Waals surface area contributed by atoms with Gasteiger partial charge in [0, 0.05) is 12.8 Å². The molecule has 0 aliphatic rings. The van der Waals surface area contributed by atoms with Crippen molar-refractivity contribution in [2.45, 2.75) is 46.5 Å². The standard InChI is InChI=1S/C10H17NO/c1-4-6-9-8(3)11-10(12-9)7-5-2/h4-7H2,1-3H3. The maximum Gasteiger partial charge on any atom is 0.194 e. The zero-order valence-corrected chi connectivity index (χ0v) is 8.18. The first-order valence-electron chi connectivity index (χ1n) is 4.73. The van der Waals surface area contributed by atoms with Crippen LogP contribution in [-0.4, -0.2) is 4.98 Å². The average molecular weight is 167 g/mol. The Morgan fingerprint density at radius 2 is 1.83 bits per heavy atom. The molecule has 0 atom stereocenters. The van der Waals surface area contributed by atoms with Crippen molar-refractivity contribution >= 4 is 0 Å². The topological polar surface area (TPSA) is 26.0 Å². The Morgan fingerprint density at radius 1 is 1.17 bits per heavy atom. The summed E-state index contributed by atoms with van der Waals surface area (Å²) < 4.78 is 5.58. The van der Waals surface area contributed by atoms with E-state index in [0.717, 1.165) is 43.0 Å². The predicted octanol–water partition coefficient (Wildman–Crippen LogP) is 2.89. The van der Waals surface area contributed by atoms with E-state index in [-0.39, 0.29) is 0 Å². The van der Waals surface area contributed by atoms with Gasteiger partial charge in [-0.3, -0.25) is 0 Å². The first kappa shape index (κ1) is 9.30. The van der Waals surface area contributed by atoms with Gasteiger partial charge < -0.3 is 4.42 Å². The highest BCUT2D eigenvalue weighted by Gasteiger charge is 2.06. The fourth-order valence-corrected chi connectivity index (χ4v) is 1.27. The van der Waals surface area contributed by atoms with Gasteiger partial charge in [-0.2, -0.15) is 0 Å². The van der Waals surface area contributed by atoms with Gasteiger partial charge in [-0.15, -0.1) is 0 Å². The molecule has 2 nitrogen and oxygen atoms in total. The fourth-order valence-electron chi connectivity index (χ4n) is 1.27. The third-order valence-corrected chi connectivity index (χ3v) is 1.88. The first-order valence-corrected chi connectivity index (χ1v) is 4.73. The molecule has 1 aromatic heterocycles. The quantitative estimate of drug-likeness (QED) is 0.689. The third kappa shape index (κ3) is 2.10. The van der Waals surface area contributed by atoms with Gasteiger partial charge in [-0.25, -0.2) is 4.98 Å². The van der Waals surface area contributed by atoms with Crippen molar-refractivity contribution in [2.24, 2.45) is 0 Å². The number of aryl methyl sites for hydroxylation is 3. The van der Waals surface area contributed by atoms with E-state index in [4.69, 9.17) is 4.42 Å². The number of oxazole rings is 1. The highest BCUT2D eigenvalue weighted by Crippen LogP contribution is 2.13. The van der Waals surface area contributed by atoms with E-state index < -0.39 is 0 Å². The molecule has 0 N–H and O–H groups in total. The second kappa shape index (κ2) is 4.29. The number of nitrogens with zero attached hydrogens (tertiary/aromatic N) is 1. The van der Waals surface area contributed by atoms with Gasteiger partial charge in [0.15, 0.2) is 5.89 Å². The average Bonchev–Trinajstić information content (AvgIpc) is 2.34. The Balaban J connectivity index is 2.70. The maximum atomic E-state index is 5.58. The summed E-state index contributed by atoms with van der Waals surface area (Å²) in [5.74, 6) is 1.97. The van der Waals surface area contributed by atoms with Gasteiger partial charge in [0.1, 0.15) is 5.76 Å². The summed E-state index contributed by atoms with van der Waals surface area (Å²) in [5, 5.41) is 0. The van der Waals surface area contributed by atoms with Crippen LogP contribution in [-0.2, 0) is 12.8 Å². The van der Waals surface area contributed by atoms with Crippen LogP contribution >= 0.6 is 0 Å². The molecular formula is C10H17NO. The van der Waals surface area contributed by atoms with Crippen LogP contribution in [0.3, 0.4) is 0 Å². The molecule has 1 aromatic rings. The Bertz CT molecular complexity index is 240. The number of aromatic nitrogens is 1. The van der Waals surface area contributed by atoms with Crippen molar-refractivity contribution in [1.29, 1.82) is 0 Å². The van der Waals surface area contributed by atoms with Crippen molar-refractivity contribution in [3.63, 3.8) is 0 Å². The molecule has 0 amide bonds. The molecule has 0 fully saturated rings. The zero-order valence-electron chi connectivity index (χ0n) is 8.18. The van der Waals surface area contributed by atoms with Crippen molar-refractivity contribution in [2.75, 3.05) is 0 Å². The highest BCUT2D eigenvalue weighted by molar-refractivity contribution is 5.07. The van der Waals surface area contributed by atoms with E-state index in [9.17, 15) is 0 Å². The summed E-state index contributed by atoms with van der Waals surface area (Å²) in [4.78, 5) is 4.35. The molecule has 2 heteroatoms. The molecule has 0 aromatic carbocycles. The molecule has 1 rings (SSSR count). The van der Waals surface area contributed by atoms with Crippen LogP contribution < -0.4 is 0 Å². The molecular weight excluding hydrogens is 150 g/mol. The van der Waals surface area contributed by atoms with Crippen LogP contribution in [0.4, 0.5) is 0 Å². The number of hydrogen-bond acceptors (Lipinski definition) is 2. The van der Waals surface area contributed by atoms with E-state index in [1.165, 1.54) is 0 Å². The second-order valence-corrected chi connectivity index (χ2v) is 3.12. The summed E-state index contributed by atoms with van der Waals surface area (Å²) in [5.41, 5.74) is 1.07. The summed E-state index contributed by atoms with van der Waals surface area (Å²) in [6, 6.07) is 0. The van der Waals surface area contributed by atoms with E-state index in [2.05, 4.69) is 18.8 Å². The summed E-state index contributed by atoms with van der Waals surface area (Å²) in [7, 11) is 0. The Labute approximate surface area is 74.0 Å². The van der Waals surface area contributed by atoms with Crippen LogP contribution in [0.15, 0.2) is 4.42 Å². The zero-order chi connectivity index (χ0) is 8.97. The highest BCUT2D eigenvalue weighted by atomic mass is 16.4. The molecule has 0 radical (unpaired) electrons. The van der Waals surface area contributed by atoms with Gasteiger partial charge in [-0.05, 0) is 19.8 Å². The van der Waals surface area contributed by atoms with Crippen molar-refractivity contribution < 1.29 is 4.42 Å². The minimum absolute atomic E-state index is 0.901. The molecule has 0 aliphatic heterocycles. The summed E-state index contributed by atoms with van der Waals surface area (Å²) >= 11 is 0. The van der Waals surface area contributed by atoms with Crippen LogP contribution in [0.25, 0.3) is 0 Å². The predicted molar refractivity (Wildman–Crippen MR) is 49.2 cm³/mol. The van der Waals surface area contributed by atoms with E-state index in [1.54, 1.807) is 0 Å². The van der Waals surface area contributed by atoms with Crippen LogP contribution in [0.2, 0.25) is 0 Å². The molecule has 0 spiro atoms. The maximum absolute atomic E-state index is 5.58. The third-order valence-electron chi connectivity index (χ3n) is 1.88. The lowest BCUT2D eigenvalue weighted by atomic mass is 10.2. The molecule has 12 heavy (non-hydrogen) atoms. The minimum Gasteiger partial charge on any atom is -0.445 e. The molecule has 0 aliphatic carbocycles. The van der Waals surface area contributed by atoms with Gasteiger partial charge in [0.2, 0.25) is 0 Å². The van der Waals surface area contributed by atoms with E-state index in [0.29, 0.717) is 0 Å². The van der Waals surface area contributed by atoms with Crippen LogP contribution in [0.1, 0.15) is 44.0 Å². The molecule has 0 saturated carbocycles. The number of hydrogen-bond donors (Lipinski definition) is 0. The Kier molecular flexibility index (Phi) is 3.32. The van der Waals surface area contributed by atoms with Gasteiger partial charge >= 0.3 is 0 Å². The van der Waals surface area contributed by atoms with Crippen LogP contribution in [0, 0.1) is 6.92 Å². The first-order chi connectivity index (χ1) is 5.77. The lowest BCUT2D eigenvalue weighted by molar-refractivity contribution is 0.449. The lowest BCUT2D eigenvalue weighted by Gasteiger charge is -1.91. The van der Waals surface area contributed by atoms with Gasteiger partial charge in [0.25, 0.3) is 0 Å². The Morgan fingerprint density at radius 3 is 2.42 bits per heavy atom. The molecule has 68 valence electrons. The second-order valence-electron chi connectivity index (χ2n) is 3.12. The van der Waals surface area contributed by atoms with Crippen molar-refractivity contribution in [3.05, 3.63) is 17.3 Å². The largest absolute Gasteiger partial charge is 0.445 e. The van der Waals surface area contributed by atoms with E-state index >= 15 is 0 Å². The van der Waals surface area contributed by atoms with Gasteiger partial charge in [-0.1, -0.05) is 13.8 Å². The SMILES string of the molecule is CCCc1nc(C)c(CCC)o1. The van der Waals surface area contributed by atoms with Gasteiger partial charge in [0.05, 0.1) is 5.69 Å². The fraction of sp³-hybridized carbons (Fsp3) is 0.700. The smallest absolute Gasteiger partial charge is 0.194 e. The molecule has 0 unspecified atom stereocenters. The van der Waals surface area contributed by atoms with E-state index in [1.807, 2.05) is 6.92 Å². The Hall–Kier alpha value is -0.790. The molecule has 0 bridgehead atoms. The van der Waals surface area contributed by atoms with Crippen molar-refractivity contribution in [1.82, 2.24) is 4.98 Å². The summed E-state index contributed by atoms with van der Waals surface area (Å²) in [6.07, 6.45) is 4.21. The summed E-state index contributed by atoms with van der Waals surface area (Å²) in [6.45, 7) is 6.31. The minimum atomic E-state index is 0.901. The molecule has 0 saturated heterocycles. The van der Waals surface area contributed by atoms with Crippen molar-refractivity contribution in [3.8, 4) is 0 Å². The lowest BCUT2D eigenvalue weighted by Crippen LogP contribution is -1.82.